The van der Waals surface area contributed by atoms with Crippen LogP contribution in [0.15, 0.2) is 18.6 Å². The summed E-state index contributed by atoms with van der Waals surface area (Å²) in [6.45, 7) is 6.08. The number of hydrogen-bond donors (Lipinski definition) is 0. The highest BCUT2D eigenvalue weighted by molar-refractivity contribution is 5.91. The predicted octanol–water partition coefficient (Wildman–Crippen LogP) is -0.401. The molecule has 2 aromatic rings. The lowest BCUT2D eigenvalue weighted by Gasteiger charge is -2.26. The van der Waals surface area contributed by atoms with Crippen LogP contribution in [0.3, 0.4) is 0 Å². The summed E-state index contributed by atoms with van der Waals surface area (Å²) in [5.74, 6) is 1.82. The molecule has 2 aliphatic heterocycles. The van der Waals surface area contributed by atoms with Crippen LogP contribution in [0.1, 0.15) is 22.1 Å². The highest BCUT2D eigenvalue weighted by Gasteiger charge is 2.24. The van der Waals surface area contributed by atoms with E-state index < -0.39 is 0 Å². The van der Waals surface area contributed by atoms with Crippen LogP contribution in [-0.4, -0.2) is 79.8 Å². The number of carbonyl (C=O) groups is 1. The second-order valence-electron chi connectivity index (χ2n) is 6.21. The van der Waals surface area contributed by atoms with Crippen LogP contribution >= 0.6 is 0 Å². The summed E-state index contributed by atoms with van der Waals surface area (Å²) in [5, 5.41) is 8.70. The lowest BCUT2D eigenvalue weighted by Crippen LogP contribution is -2.37. The molecule has 0 N–H and O–H groups in total. The van der Waals surface area contributed by atoms with Crippen LogP contribution in [-0.2, 0) is 24.2 Å². The van der Waals surface area contributed by atoms with Gasteiger partial charge in [0, 0.05) is 51.5 Å². The predicted molar refractivity (Wildman–Crippen MR) is 87.8 cm³/mol. The first-order chi connectivity index (χ1) is 12.3. The minimum Gasteiger partial charge on any atom is -0.379 e. The van der Waals surface area contributed by atoms with E-state index in [-0.39, 0.29) is 5.91 Å². The van der Waals surface area contributed by atoms with E-state index in [1.54, 1.807) is 12.4 Å². The fourth-order valence-electron chi connectivity index (χ4n) is 3.23. The monoisotopic (exact) mass is 343 g/mol. The molecule has 1 saturated heterocycles. The van der Waals surface area contributed by atoms with Gasteiger partial charge in [0.05, 0.1) is 26.0 Å². The van der Waals surface area contributed by atoms with E-state index in [4.69, 9.17) is 4.74 Å². The first-order valence-electron chi connectivity index (χ1n) is 8.57. The maximum atomic E-state index is 12.6. The van der Waals surface area contributed by atoms with Gasteiger partial charge in [-0.1, -0.05) is 0 Å². The molecule has 0 saturated carbocycles. The number of amides is 1. The van der Waals surface area contributed by atoms with Crippen molar-refractivity contribution in [3.8, 4) is 0 Å². The van der Waals surface area contributed by atoms with Crippen LogP contribution < -0.4 is 0 Å². The Balaban J connectivity index is 1.44. The van der Waals surface area contributed by atoms with Gasteiger partial charge < -0.3 is 14.2 Å². The molecule has 0 aliphatic carbocycles. The van der Waals surface area contributed by atoms with E-state index in [1.807, 2.05) is 4.90 Å². The second-order valence-corrected chi connectivity index (χ2v) is 6.21. The zero-order valence-electron chi connectivity index (χ0n) is 14.0. The summed E-state index contributed by atoms with van der Waals surface area (Å²) in [6.07, 6.45) is 5.32. The Hall–Kier alpha value is -2.39. The van der Waals surface area contributed by atoms with Gasteiger partial charge in [-0.15, -0.1) is 10.2 Å². The van der Waals surface area contributed by atoms with Crippen molar-refractivity contribution >= 4 is 5.91 Å². The molecule has 4 rings (SSSR count). The van der Waals surface area contributed by atoms with Gasteiger partial charge in [-0.3, -0.25) is 14.7 Å². The van der Waals surface area contributed by atoms with Crippen LogP contribution in [0, 0.1) is 0 Å². The van der Waals surface area contributed by atoms with Crippen molar-refractivity contribution in [3.05, 3.63) is 35.9 Å². The number of fused-ring (bicyclic) bond motifs is 1. The molecule has 0 spiro atoms. The number of nitrogens with zero attached hydrogens (tertiary/aromatic N) is 7. The molecule has 0 unspecified atom stereocenters. The molecular weight excluding hydrogens is 322 g/mol. The van der Waals surface area contributed by atoms with Gasteiger partial charge in [0.25, 0.3) is 5.91 Å². The normalized spacial score (nSPS) is 18.6. The highest BCUT2D eigenvalue weighted by Crippen LogP contribution is 2.13. The van der Waals surface area contributed by atoms with Crippen LogP contribution in [0.5, 0.6) is 0 Å². The molecular formula is C16H21N7O2. The fourth-order valence-corrected chi connectivity index (χ4v) is 3.23. The topological polar surface area (TPSA) is 89.3 Å². The smallest absolute Gasteiger partial charge is 0.274 e. The van der Waals surface area contributed by atoms with E-state index in [9.17, 15) is 4.79 Å². The third kappa shape index (κ3) is 3.52. The van der Waals surface area contributed by atoms with Gasteiger partial charge in [0.15, 0.2) is 0 Å². The number of ether oxygens (including phenoxy) is 1. The maximum absolute atomic E-state index is 12.6. The zero-order chi connectivity index (χ0) is 17.1. The van der Waals surface area contributed by atoms with Crippen molar-refractivity contribution in [2.45, 2.75) is 19.5 Å². The summed E-state index contributed by atoms with van der Waals surface area (Å²) < 4.78 is 7.55. The molecule has 2 aliphatic rings. The first kappa shape index (κ1) is 16.1. The largest absolute Gasteiger partial charge is 0.379 e. The Labute approximate surface area is 145 Å². The molecule has 0 bridgehead atoms. The van der Waals surface area contributed by atoms with Crippen LogP contribution in [0.4, 0.5) is 0 Å². The number of hydrogen-bond acceptors (Lipinski definition) is 7. The Bertz CT molecular complexity index is 727. The van der Waals surface area contributed by atoms with Crippen molar-refractivity contribution in [2.75, 3.05) is 39.4 Å². The van der Waals surface area contributed by atoms with Crippen molar-refractivity contribution in [3.63, 3.8) is 0 Å². The van der Waals surface area contributed by atoms with Crippen molar-refractivity contribution in [2.24, 2.45) is 0 Å². The van der Waals surface area contributed by atoms with Crippen LogP contribution in [0.25, 0.3) is 0 Å². The molecule has 132 valence electrons. The highest BCUT2D eigenvalue weighted by atomic mass is 16.5. The number of rotatable bonds is 3. The average molecular weight is 343 g/mol. The number of carbonyl (C=O) groups excluding carboxylic acids is 1. The number of morpholine rings is 1. The van der Waals surface area contributed by atoms with Gasteiger partial charge in [0.2, 0.25) is 0 Å². The molecule has 2 aromatic heterocycles. The maximum Gasteiger partial charge on any atom is 0.274 e. The van der Waals surface area contributed by atoms with E-state index in [2.05, 4.69) is 29.6 Å². The lowest BCUT2D eigenvalue weighted by atomic mass is 10.3. The van der Waals surface area contributed by atoms with Crippen molar-refractivity contribution in [1.29, 1.82) is 0 Å². The summed E-state index contributed by atoms with van der Waals surface area (Å²) >= 11 is 0. The third-order valence-corrected chi connectivity index (χ3v) is 4.64. The van der Waals surface area contributed by atoms with E-state index in [0.29, 0.717) is 31.7 Å². The molecule has 25 heavy (non-hydrogen) atoms. The Kier molecular flexibility index (Phi) is 4.66. The minimum absolute atomic E-state index is 0.0819. The zero-order valence-corrected chi connectivity index (χ0v) is 14.0. The van der Waals surface area contributed by atoms with Gasteiger partial charge >= 0.3 is 0 Å². The summed E-state index contributed by atoms with van der Waals surface area (Å²) in [4.78, 5) is 24.8. The second kappa shape index (κ2) is 7.24. The molecule has 0 radical (unpaired) electrons. The molecule has 1 fully saturated rings. The third-order valence-electron chi connectivity index (χ3n) is 4.64. The molecule has 0 aromatic carbocycles. The molecule has 9 heteroatoms. The summed E-state index contributed by atoms with van der Waals surface area (Å²) in [5.41, 5.74) is 0.383. The quantitative estimate of drug-likeness (QED) is 0.749. The van der Waals surface area contributed by atoms with Crippen molar-refractivity contribution < 1.29 is 9.53 Å². The van der Waals surface area contributed by atoms with Crippen LogP contribution in [0.2, 0.25) is 0 Å². The number of aromatic nitrogens is 5. The van der Waals surface area contributed by atoms with Gasteiger partial charge in [-0.05, 0) is 0 Å². The van der Waals surface area contributed by atoms with Gasteiger partial charge in [0.1, 0.15) is 17.3 Å². The van der Waals surface area contributed by atoms with Crippen molar-refractivity contribution in [1.82, 2.24) is 34.5 Å². The standard InChI is InChI=1S/C16H21N7O2/c24-16(13-11-17-2-3-18-13)22-4-1-14-19-20-15(23(14)6-5-22)12-21-7-9-25-10-8-21/h2-3,11H,1,4-10,12H2. The van der Waals surface area contributed by atoms with E-state index >= 15 is 0 Å². The first-order valence-corrected chi connectivity index (χ1v) is 8.57. The summed E-state index contributed by atoms with van der Waals surface area (Å²) in [6, 6.07) is 0. The SMILES string of the molecule is O=C(c1cnccn1)N1CCc2nnc(CN3CCOCC3)n2CC1. The molecule has 0 atom stereocenters. The molecule has 1 amide bonds. The Morgan fingerprint density at radius 3 is 2.76 bits per heavy atom. The van der Waals surface area contributed by atoms with E-state index in [1.165, 1.54) is 6.20 Å². The van der Waals surface area contributed by atoms with Gasteiger partial charge in [-0.25, -0.2) is 4.98 Å². The average Bonchev–Trinajstić information content (AvgIpc) is 2.91. The fraction of sp³-hybridized carbons (Fsp3) is 0.562. The lowest BCUT2D eigenvalue weighted by molar-refractivity contribution is 0.0324. The molecule has 9 nitrogen and oxygen atoms in total. The van der Waals surface area contributed by atoms with E-state index in [0.717, 1.165) is 44.5 Å². The Morgan fingerprint density at radius 1 is 1.08 bits per heavy atom. The van der Waals surface area contributed by atoms with Gasteiger partial charge in [-0.2, -0.15) is 0 Å². The Morgan fingerprint density at radius 2 is 1.96 bits per heavy atom. The minimum atomic E-state index is -0.0819. The summed E-state index contributed by atoms with van der Waals surface area (Å²) in [7, 11) is 0. The molecule has 4 heterocycles.